The average Bonchev–Trinajstić information content (AvgIpc) is 3.13. The van der Waals surface area contributed by atoms with E-state index in [0.717, 1.165) is 12.5 Å². The molecule has 19 heavy (non-hydrogen) atoms. The Kier molecular flexibility index (Phi) is 3.46. The summed E-state index contributed by atoms with van der Waals surface area (Å²) in [5.41, 5.74) is 4.51. The second kappa shape index (κ2) is 5.05. The van der Waals surface area contributed by atoms with E-state index in [4.69, 9.17) is 0 Å². The molecular weight excluding hydrogens is 250 g/mol. The first-order valence-corrected chi connectivity index (χ1v) is 5.83. The van der Waals surface area contributed by atoms with Crippen molar-refractivity contribution < 1.29 is 14.5 Å². The number of carbonyl (C=O) groups excluding carboxylic acids is 2. The summed E-state index contributed by atoms with van der Waals surface area (Å²) >= 11 is 0. The average molecular weight is 263 g/mol. The lowest BCUT2D eigenvalue weighted by atomic mass is 10.2. The molecule has 7 nitrogen and oxygen atoms in total. The van der Waals surface area contributed by atoms with Crippen LogP contribution in [0.4, 0.5) is 5.69 Å². The second-order valence-corrected chi connectivity index (χ2v) is 4.57. The highest BCUT2D eigenvalue weighted by molar-refractivity contribution is 5.96. The molecule has 0 radical (unpaired) electrons. The third kappa shape index (κ3) is 3.06. The number of hydrogen-bond acceptors (Lipinski definition) is 4. The summed E-state index contributed by atoms with van der Waals surface area (Å²) in [5, 5.41) is 10.6. The number of rotatable bonds is 3. The van der Waals surface area contributed by atoms with Crippen LogP contribution < -0.4 is 10.9 Å². The maximum absolute atomic E-state index is 11.7. The number of carbonyl (C=O) groups is 2. The first-order valence-electron chi connectivity index (χ1n) is 5.83. The number of benzene rings is 1. The first-order chi connectivity index (χ1) is 8.99. The van der Waals surface area contributed by atoms with Crippen LogP contribution in [0.5, 0.6) is 0 Å². The number of amides is 2. The zero-order valence-corrected chi connectivity index (χ0v) is 10.3. The molecule has 0 spiro atoms. The van der Waals surface area contributed by atoms with Crippen LogP contribution in [0.15, 0.2) is 24.3 Å². The van der Waals surface area contributed by atoms with Crippen LogP contribution in [-0.4, -0.2) is 16.7 Å². The standard InChI is InChI=1S/C12H13N3O4/c1-7-5-10(7)12(17)14-13-11(16)8-3-2-4-9(6-8)15(18)19/h2-4,6-7,10H,5H2,1H3,(H,13,16)(H,14,17). The van der Waals surface area contributed by atoms with Crippen molar-refractivity contribution in [1.29, 1.82) is 0 Å². The van der Waals surface area contributed by atoms with E-state index in [2.05, 4.69) is 10.9 Å². The number of non-ortho nitro benzene ring substituents is 1. The number of hydrogen-bond donors (Lipinski definition) is 2. The van der Waals surface area contributed by atoms with Crippen molar-refractivity contribution in [3.8, 4) is 0 Å². The molecule has 100 valence electrons. The van der Waals surface area contributed by atoms with E-state index in [0.29, 0.717) is 5.92 Å². The minimum absolute atomic E-state index is 0.0505. The summed E-state index contributed by atoms with van der Waals surface area (Å²) in [5.74, 6) is -0.517. The number of nitrogens with one attached hydrogen (secondary N) is 2. The molecule has 1 aromatic carbocycles. The monoisotopic (exact) mass is 263 g/mol. The molecule has 2 unspecified atom stereocenters. The van der Waals surface area contributed by atoms with E-state index in [1.807, 2.05) is 6.92 Å². The molecule has 1 aliphatic carbocycles. The Morgan fingerprint density at radius 1 is 1.37 bits per heavy atom. The van der Waals surface area contributed by atoms with Gasteiger partial charge >= 0.3 is 0 Å². The SMILES string of the molecule is CC1CC1C(=O)NNC(=O)c1cccc([N+](=O)[O-])c1. The van der Waals surface area contributed by atoms with E-state index in [1.54, 1.807) is 0 Å². The third-order valence-corrected chi connectivity index (χ3v) is 3.06. The third-order valence-electron chi connectivity index (χ3n) is 3.06. The van der Waals surface area contributed by atoms with Crippen LogP contribution in [0.1, 0.15) is 23.7 Å². The molecule has 0 bridgehead atoms. The van der Waals surface area contributed by atoms with Gasteiger partial charge in [0.2, 0.25) is 5.91 Å². The zero-order chi connectivity index (χ0) is 14.0. The number of nitro benzene ring substituents is 1. The van der Waals surface area contributed by atoms with Gasteiger partial charge in [0.05, 0.1) is 4.92 Å². The van der Waals surface area contributed by atoms with Gasteiger partial charge in [0.15, 0.2) is 0 Å². The lowest BCUT2D eigenvalue weighted by molar-refractivity contribution is -0.384. The predicted molar refractivity (Wildman–Crippen MR) is 66.0 cm³/mol. The Labute approximate surface area is 109 Å². The smallest absolute Gasteiger partial charge is 0.270 e. The van der Waals surface area contributed by atoms with Crippen molar-refractivity contribution in [3.05, 3.63) is 39.9 Å². The van der Waals surface area contributed by atoms with Crippen molar-refractivity contribution in [1.82, 2.24) is 10.9 Å². The van der Waals surface area contributed by atoms with Crippen LogP contribution in [0.25, 0.3) is 0 Å². The van der Waals surface area contributed by atoms with Crippen LogP contribution in [0.3, 0.4) is 0 Å². The van der Waals surface area contributed by atoms with Crippen LogP contribution in [0.2, 0.25) is 0 Å². The van der Waals surface area contributed by atoms with Gasteiger partial charge in [0.1, 0.15) is 0 Å². The Morgan fingerprint density at radius 2 is 2.05 bits per heavy atom. The zero-order valence-electron chi connectivity index (χ0n) is 10.3. The quantitative estimate of drug-likeness (QED) is 0.627. The highest BCUT2D eigenvalue weighted by atomic mass is 16.6. The summed E-state index contributed by atoms with van der Waals surface area (Å²) in [6, 6.07) is 5.30. The lowest BCUT2D eigenvalue weighted by Gasteiger charge is -2.06. The van der Waals surface area contributed by atoms with Gasteiger partial charge in [-0.25, -0.2) is 0 Å². The summed E-state index contributed by atoms with van der Waals surface area (Å²) in [6.07, 6.45) is 0.818. The molecule has 2 N–H and O–H groups in total. The summed E-state index contributed by atoms with van der Waals surface area (Å²) in [4.78, 5) is 33.2. The number of hydrazine groups is 1. The number of nitrogens with zero attached hydrogens (tertiary/aromatic N) is 1. The highest BCUT2D eigenvalue weighted by Crippen LogP contribution is 2.37. The maximum atomic E-state index is 11.7. The predicted octanol–water partition coefficient (Wildman–Crippen LogP) is 1.01. The Bertz CT molecular complexity index is 544. The molecule has 0 aromatic heterocycles. The van der Waals surface area contributed by atoms with Crippen molar-refractivity contribution in [2.75, 3.05) is 0 Å². The molecular formula is C12H13N3O4. The molecule has 1 aromatic rings. The van der Waals surface area contributed by atoms with Crippen molar-refractivity contribution in [2.45, 2.75) is 13.3 Å². The summed E-state index contributed by atoms with van der Waals surface area (Å²) < 4.78 is 0. The molecule has 2 rings (SSSR count). The van der Waals surface area contributed by atoms with Crippen LogP contribution in [0, 0.1) is 22.0 Å². The van der Waals surface area contributed by atoms with Crippen LogP contribution >= 0.6 is 0 Å². The highest BCUT2D eigenvalue weighted by Gasteiger charge is 2.39. The van der Waals surface area contributed by atoms with E-state index in [-0.39, 0.29) is 23.1 Å². The van der Waals surface area contributed by atoms with Gasteiger partial charge in [-0.15, -0.1) is 0 Å². The molecule has 1 aliphatic rings. The fourth-order valence-corrected chi connectivity index (χ4v) is 1.73. The van der Waals surface area contributed by atoms with E-state index < -0.39 is 10.8 Å². The summed E-state index contributed by atoms with van der Waals surface area (Å²) in [7, 11) is 0. The van der Waals surface area contributed by atoms with Gasteiger partial charge in [0.25, 0.3) is 11.6 Å². The van der Waals surface area contributed by atoms with Gasteiger partial charge in [-0.2, -0.15) is 0 Å². The Balaban J connectivity index is 1.94. The lowest BCUT2D eigenvalue weighted by Crippen LogP contribution is -2.42. The van der Waals surface area contributed by atoms with E-state index in [9.17, 15) is 19.7 Å². The van der Waals surface area contributed by atoms with Gasteiger partial charge < -0.3 is 0 Å². The second-order valence-electron chi connectivity index (χ2n) is 4.57. The van der Waals surface area contributed by atoms with E-state index in [1.165, 1.54) is 18.2 Å². The fourth-order valence-electron chi connectivity index (χ4n) is 1.73. The van der Waals surface area contributed by atoms with Gasteiger partial charge in [-0.3, -0.25) is 30.6 Å². The molecule has 7 heteroatoms. The van der Waals surface area contributed by atoms with Gasteiger partial charge in [-0.05, 0) is 18.4 Å². The van der Waals surface area contributed by atoms with Crippen molar-refractivity contribution >= 4 is 17.5 Å². The molecule has 0 saturated heterocycles. The molecule has 0 aliphatic heterocycles. The topological polar surface area (TPSA) is 101 Å². The summed E-state index contributed by atoms with van der Waals surface area (Å²) in [6.45, 7) is 1.95. The van der Waals surface area contributed by atoms with Crippen LogP contribution in [-0.2, 0) is 4.79 Å². The van der Waals surface area contributed by atoms with Gasteiger partial charge in [-0.1, -0.05) is 13.0 Å². The maximum Gasteiger partial charge on any atom is 0.270 e. The van der Waals surface area contributed by atoms with Gasteiger partial charge in [0, 0.05) is 23.6 Å². The number of nitro groups is 1. The molecule has 1 fully saturated rings. The van der Waals surface area contributed by atoms with Crippen molar-refractivity contribution in [3.63, 3.8) is 0 Å². The normalized spacial score (nSPS) is 20.5. The molecule has 2 amide bonds. The molecule has 0 heterocycles. The fraction of sp³-hybridized carbons (Fsp3) is 0.333. The Morgan fingerprint density at radius 3 is 2.63 bits per heavy atom. The minimum Gasteiger partial charge on any atom is -0.273 e. The largest absolute Gasteiger partial charge is 0.273 e. The molecule has 2 atom stereocenters. The van der Waals surface area contributed by atoms with E-state index >= 15 is 0 Å². The minimum atomic E-state index is -0.582. The van der Waals surface area contributed by atoms with Crippen molar-refractivity contribution in [2.24, 2.45) is 11.8 Å². The first kappa shape index (κ1) is 13.0. The molecule has 1 saturated carbocycles. The Hall–Kier alpha value is -2.44.